The normalized spacial score (nSPS) is 14.6. The molecule has 5 heteroatoms. The molecule has 3 rings (SSSR count). The highest BCUT2D eigenvalue weighted by Crippen LogP contribution is 2.29. The monoisotopic (exact) mass is 344 g/mol. The predicted octanol–water partition coefficient (Wildman–Crippen LogP) is 3.70. The molecule has 2 aromatic carbocycles. The first kappa shape index (κ1) is 16.7. The summed E-state index contributed by atoms with van der Waals surface area (Å²) in [4.78, 5) is 16.8. The van der Waals surface area contributed by atoms with Crippen LogP contribution in [0.2, 0.25) is 5.02 Å². The van der Waals surface area contributed by atoms with Crippen molar-refractivity contribution in [2.75, 3.05) is 37.7 Å². The van der Waals surface area contributed by atoms with E-state index in [1.54, 1.807) is 12.1 Å². The number of carbonyl (C=O) groups is 1. The number of anilines is 1. The van der Waals surface area contributed by atoms with Crippen molar-refractivity contribution in [1.82, 2.24) is 4.90 Å². The van der Waals surface area contributed by atoms with Crippen LogP contribution in [0.25, 0.3) is 0 Å². The van der Waals surface area contributed by atoms with Gasteiger partial charge in [0.1, 0.15) is 5.75 Å². The van der Waals surface area contributed by atoms with Crippen molar-refractivity contribution in [3.8, 4) is 5.75 Å². The number of nitrogens with zero attached hydrogens (tertiary/aromatic N) is 2. The Morgan fingerprint density at radius 3 is 2.42 bits per heavy atom. The number of amides is 1. The maximum atomic E-state index is 12.6. The SMILES string of the molecule is CCOc1ccccc1N1CCN(C(=O)c2ccccc2Cl)CC1. The molecule has 0 spiro atoms. The van der Waals surface area contributed by atoms with Crippen molar-refractivity contribution < 1.29 is 9.53 Å². The molecule has 0 bridgehead atoms. The Kier molecular flexibility index (Phi) is 5.26. The quantitative estimate of drug-likeness (QED) is 0.847. The number of hydrogen-bond acceptors (Lipinski definition) is 3. The molecule has 0 aliphatic carbocycles. The van der Waals surface area contributed by atoms with Gasteiger partial charge in [0, 0.05) is 26.2 Å². The highest BCUT2D eigenvalue weighted by Gasteiger charge is 2.24. The van der Waals surface area contributed by atoms with Crippen LogP contribution < -0.4 is 9.64 Å². The molecule has 1 fully saturated rings. The number of benzene rings is 2. The molecule has 0 radical (unpaired) electrons. The lowest BCUT2D eigenvalue weighted by molar-refractivity contribution is 0.0747. The second-order valence-electron chi connectivity index (χ2n) is 5.66. The van der Waals surface area contributed by atoms with E-state index < -0.39 is 0 Å². The summed E-state index contributed by atoms with van der Waals surface area (Å²) in [5.74, 6) is 0.893. The Hall–Kier alpha value is -2.20. The van der Waals surface area contributed by atoms with Gasteiger partial charge in [0.25, 0.3) is 5.91 Å². The first-order chi connectivity index (χ1) is 11.7. The minimum atomic E-state index is -0.00153. The van der Waals surface area contributed by atoms with Gasteiger partial charge in [-0.05, 0) is 31.2 Å². The molecule has 0 N–H and O–H groups in total. The summed E-state index contributed by atoms with van der Waals surface area (Å²) < 4.78 is 5.71. The highest BCUT2D eigenvalue weighted by atomic mass is 35.5. The molecule has 0 aromatic heterocycles. The van der Waals surface area contributed by atoms with Gasteiger partial charge in [-0.1, -0.05) is 35.9 Å². The van der Waals surface area contributed by atoms with Gasteiger partial charge in [-0.3, -0.25) is 4.79 Å². The van der Waals surface area contributed by atoms with Crippen LogP contribution in [0.4, 0.5) is 5.69 Å². The average Bonchev–Trinajstić information content (AvgIpc) is 2.63. The molecular weight excluding hydrogens is 324 g/mol. The van der Waals surface area contributed by atoms with Crippen LogP contribution >= 0.6 is 11.6 Å². The van der Waals surface area contributed by atoms with E-state index in [9.17, 15) is 4.79 Å². The molecule has 1 aliphatic rings. The van der Waals surface area contributed by atoms with Crippen molar-refractivity contribution in [2.24, 2.45) is 0 Å². The van der Waals surface area contributed by atoms with E-state index in [-0.39, 0.29) is 5.91 Å². The standard InChI is InChI=1S/C19H21ClN2O2/c1-2-24-18-10-6-5-9-17(18)21-11-13-22(14-12-21)19(23)15-7-3-4-8-16(15)20/h3-10H,2,11-14H2,1H3. The molecule has 0 atom stereocenters. The number of carbonyl (C=O) groups excluding carboxylic acids is 1. The molecule has 2 aromatic rings. The van der Waals surface area contributed by atoms with Crippen LogP contribution in [0.15, 0.2) is 48.5 Å². The maximum Gasteiger partial charge on any atom is 0.255 e. The Labute approximate surface area is 147 Å². The predicted molar refractivity (Wildman–Crippen MR) is 97.2 cm³/mol. The Morgan fingerprint density at radius 2 is 1.71 bits per heavy atom. The third-order valence-electron chi connectivity index (χ3n) is 4.18. The van der Waals surface area contributed by atoms with Gasteiger partial charge < -0.3 is 14.5 Å². The Bertz CT molecular complexity index is 712. The third-order valence-corrected chi connectivity index (χ3v) is 4.51. The van der Waals surface area contributed by atoms with Crippen molar-refractivity contribution in [3.63, 3.8) is 0 Å². The molecule has 0 unspecified atom stereocenters. The van der Waals surface area contributed by atoms with Gasteiger partial charge in [-0.25, -0.2) is 0 Å². The first-order valence-corrected chi connectivity index (χ1v) is 8.59. The van der Waals surface area contributed by atoms with Crippen LogP contribution in [-0.4, -0.2) is 43.6 Å². The van der Waals surface area contributed by atoms with Gasteiger partial charge >= 0.3 is 0 Å². The summed E-state index contributed by atoms with van der Waals surface area (Å²) in [6.45, 7) is 5.52. The molecule has 1 amide bonds. The lowest BCUT2D eigenvalue weighted by atomic mass is 10.1. The van der Waals surface area contributed by atoms with Crippen molar-refractivity contribution in [2.45, 2.75) is 6.92 Å². The van der Waals surface area contributed by atoms with Crippen LogP contribution in [0.3, 0.4) is 0 Å². The molecule has 24 heavy (non-hydrogen) atoms. The lowest BCUT2D eigenvalue weighted by Crippen LogP contribution is -2.49. The number of halogens is 1. The molecular formula is C19H21ClN2O2. The summed E-state index contributed by atoms with van der Waals surface area (Å²) >= 11 is 6.14. The average molecular weight is 345 g/mol. The molecule has 0 saturated carbocycles. The maximum absolute atomic E-state index is 12.6. The summed E-state index contributed by atoms with van der Waals surface area (Å²) in [7, 11) is 0. The second-order valence-corrected chi connectivity index (χ2v) is 6.07. The third kappa shape index (κ3) is 3.49. The summed E-state index contributed by atoms with van der Waals surface area (Å²) in [5, 5.41) is 0.506. The zero-order valence-corrected chi connectivity index (χ0v) is 14.5. The van der Waals surface area contributed by atoms with E-state index in [0.29, 0.717) is 30.3 Å². The number of rotatable bonds is 4. The van der Waals surface area contributed by atoms with Gasteiger partial charge in [0.2, 0.25) is 0 Å². The van der Waals surface area contributed by atoms with Crippen molar-refractivity contribution in [1.29, 1.82) is 0 Å². The van der Waals surface area contributed by atoms with Crippen LogP contribution in [0.1, 0.15) is 17.3 Å². The molecule has 1 saturated heterocycles. The van der Waals surface area contributed by atoms with Gasteiger partial charge in [0.05, 0.1) is 22.9 Å². The summed E-state index contributed by atoms with van der Waals surface area (Å²) in [6, 6.07) is 15.3. The zero-order valence-electron chi connectivity index (χ0n) is 13.7. The van der Waals surface area contributed by atoms with Gasteiger partial charge in [-0.2, -0.15) is 0 Å². The molecule has 4 nitrogen and oxygen atoms in total. The first-order valence-electron chi connectivity index (χ1n) is 8.21. The number of hydrogen-bond donors (Lipinski definition) is 0. The van der Waals surface area contributed by atoms with Gasteiger partial charge in [-0.15, -0.1) is 0 Å². The number of ether oxygens (including phenoxy) is 1. The lowest BCUT2D eigenvalue weighted by Gasteiger charge is -2.36. The highest BCUT2D eigenvalue weighted by molar-refractivity contribution is 6.33. The Morgan fingerprint density at radius 1 is 1.04 bits per heavy atom. The minimum Gasteiger partial charge on any atom is -0.492 e. The van der Waals surface area contributed by atoms with Crippen molar-refractivity contribution in [3.05, 3.63) is 59.1 Å². The molecule has 1 aliphatic heterocycles. The summed E-state index contributed by atoms with van der Waals surface area (Å²) in [5.41, 5.74) is 1.66. The zero-order chi connectivity index (χ0) is 16.9. The van der Waals surface area contributed by atoms with E-state index >= 15 is 0 Å². The van der Waals surface area contributed by atoms with E-state index in [2.05, 4.69) is 11.0 Å². The van der Waals surface area contributed by atoms with E-state index in [1.165, 1.54) is 0 Å². The smallest absolute Gasteiger partial charge is 0.255 e. The van der Waals surface area contributed by atoms with E-state index in [4.69, 9.17) is 16.3 Å². The summed E-state index contributed by atoms with van der Waals surface area (Å²) in [6.07, 6.45) is 0. The Balaban J connectivity index is 1.68. The number of piperazine rings is 1. The van der Waals surface area contributed by atoms with Crippen molar-refractivity contribution >= 4 is 23.2 Å². The van der Waals surface area contributed by atoms with E-state index in [0.717, 1.165) is 24.5 Å². The number of para-hydroxylation sites is 2. The molecule has 126 valence electrons. The minimum absolute atomic E-state index is 0.00153. The van der Waals surface area contributed by atoms with E-state index in [1.807, 2.05) is 42.2 Å². The molecule has 1 heterocycles. The fourth-order valence-electron chi connectivity index (χ4n) is 2.95. The van der Waals surface area contributed by atoms with Crippen LogP contribution in [0.5, 0.6) is 5.75 Å². The topological polar surface area (TPSA) is 32.8 Å². The fraction of sp³-hybridized carbons (Fsp3) is 0.316. The van der Waals surface area contributed by atoms with Gasteiger partial charge in [0.15, 0.2) is 0 Å². The largest absolute Gasteiger partial charge is 0.492 e. The second kappa shape index (κ2) is 7.58. The van der Waals surface area contributed by atoms with Crippen LogP contribution in [0, 0.1) is 0 Å². The van der Waals surface area contributed by atoms with Crippen LogP contribution in [-0.2, 0) is 0 Å². The fourth-order valence-corrected chi connectivity index (χ4v) is 3.17.